The van der Waals surface area contributed by atoms with E-state index in [9.17, 15) is 13.6 Å². The molecule has 4 aromatic rings. The second kappa shape index (κ2) is 10.7. The van der Waals surface area contributed by atoms with Crippen LogP contribution in [-0.2, 0) is 18.3 Å². The van der Waals surface area contributed by atoms with E-state index in [1.165, 1.54) is 28.8 Å². The first kappa shape index (κ1) is 26.5. The zero-order valence-corrected chi connectivity index (χ0v) is 22.9. The number of hydrogen-bond acceptors (Lipinski definition) is 7. The number of hydrogen-bond donors (Lipinski definition) is 0. The maximum Gasteiger partial charge on any atom is 0.351 e. The minimum atomic E-state index is -0.365. The molecule has 2 aromatic heterocycles. The summed E-state index contributed by atoms with van der Waals surface area (Å²) in [6.45, 7) is 6.68. The average molecular weight is 550 g/mol. The van der Waals surface area contributed by atoms with Crippen LogP contribution in [0.15, 0.2) is 53.3 Å². The molecule has 4 heterocycles. The van der Waals surface area contributed by atoms with Crippen LogP contribution in [0.4, 0.5) is 14.6 Å². The first-order valence-electron chi connectivity index (χ1n) is 13.7. The third kappa shape index (κ3) is 4.88. The smallest absolute Gasteiger partial charge is 0.351 e. The highest BCUT2D eigenvalue weighted by atomic mass is 19.1. The van der Waals surface area contributed by atoms with Gasteiger partial charge in [-0.1, -0.05) is 29.5 Å². The summed E-state index contributed by atoms with van der Waals surface area (Å²) < 4.78 is 36.7. The highest BCUT2D eigenvalue weighted by molar-refractivity contribution is 5.83. The Bertz CT molecular complexity index is 1500. The van der Waals surface area contributed by atoms with Crippen LogP contribution in [-0.4, -0.2) is 67.3 Å². The van der Waals surface area contributed by atoms with E-state index in [1.54, 1.807) is 36.0 Å². The van der Waals surface area contributed by atoms with Gasteiger partial charge in [-0.15, -0.1) is 5.10 Å². The monoisotopic (exact) mass is 549 g/mol. The normalized spacial score (nSPS) is 22.1. The summed E-state index contributed by atoms with van der Waals surface area (Å²) >= 11 is 0. The molecule has 0 saturated carbocycles. The fourth-order valence-corrected chi connectivity index (χ4v) is 6.07. The Morgan fingerprint density at radius 3 is 2.23 bits per heavy atom. The van der Waals surface area contributed by atoms with E-state index in [0.717, 1.165) is 30.6 Å². The zero-order valence-electron chi connectivity index (χ0n) is 22.9. The van der Waals surface area contributed by atoms with E-state index in [0.29, 0.717) is 36.6 Å². The Morgan fingerprint density at radius 1 is 0.975 bits per heavy atom. The quantitative estimate of drug-likeness (QED) is 0.363. The van der Waals surface area contributed by atoms with E-state index >= 15 is 0 Å². The average Bonchev–Trinajstić information content (AvgIpc) is 3.61. The Labute approximate surface area is 231 Å². The van der Waals surface area contributed by atoms with Gasteiger partial charge in [-0.05, 0) is 62.1 Å². The van der Waals surface area contributed by atoms with Crippen LogP contribution in [0, 0.1) is 11.6 Å². The predicted octanol–water partition coefficient (Wildman–Crippen LogP) is 3.67. The molecule has 0 unspecified atom stereocenters. The second-order valence-electron chi connectivity index (χ2n) is 10.9. The molecule has 2 aliphatic rings. The van der Waals surface area contributed by atoms with E-state index in [1.807, 2.05) is 0 Å². The summed E-state index contributed by atoms with van der Waals surface area (Å²) in [4.78, 5) is 21.9. The van der Waals surface area contributed by atoms with E-state index in [4.69, 9.17) is 4.74 Å². The molecule has 210 valence electrons. The number of rotatable bonds is 6. The van der Waals surface area contributed by atoms with Crippen molar-refractivity contribution in [2.24, 2.45) is 7.05 Å². The number of nitrogens with zero attached hydrogens (tertiary/aromatic N) is 7. The summed E-state index contributed by atoms with van der Waals surface area (Å²) in [5.74, 6) is -0.0851. The van der Waals surface area contributed by atoms with Gasteiger partial charge in [0.05, 0.1) is 18.7 Å². The van der Waals surface area contributed by atoms with Gasteiger partial charge in [-0.3, -0.25) is 9.47 Å². The molecule has 3 atom stereocenters. The van der Waals surface area contributed by atoms with Crippen LogP contribution in [0.25, 0.3) is 11.2 Å². The number of anilines is 1. The lowest BCUT2D eigenvalue weighted by Crippen LogP contribution is -2.58. The number of piperazine rings is 1. The van der Waals surface area contributed by atoms with Crippen molar-refractivity contribution < 1.29 is 13.5 Å². The van der Waals surface area contributed by atoms with E-state index < -0.39 is 0 Å². The molecule has 0 aliphatic carbocycles. The molecule has 0 radical (unpaired) electrons. The minimum absolute atomic E-state index is 0.0131. The van der Waals surface area contributed by atoms with Crippen LogP contribution in [0.2, 0.25) is 0 Å². The fraction of sp³-hybridized carbons (Fsp3) is 0.448. The van der Waals surface area contributed by atoms with Gasteiger partial charge in [0.25, 0.3) is 0 Å². The standard InChI is InChI=1S/C29H33F2N7O2/c1-18-16-37(27-25-28(35(3)29(39)32-27)38(34-33-25)17-24-5-4-14-40-24)19(2)15-36(18)26(20-6-10-22(30)11-7-20)21-8-12-23(31)13-9-21/h6-13,18-19,24,26H,4-5,14-17H2,1-3H3/t18-,19+,24+/m1/s1. The van der Waals surface area contributed by atoms with Crippen LogP contribution < -0.4 is 10.6 Å². The SMILES string of the molecule is C[C@@H]1CN(c2nc(=O)n(C)c3c2nnn3C[C@@H]2CCCO2)[C@@H](C)CN1C(c1ccc(F)cc1)c1ccc(F)cc1. The van der Waals surface area contributed by atoms with Crippen LogP contribution >= 0.6 is 0 Å². The molecule has 2 aliphatic heterocycles. The van der Waals surface area contributed by atoms with Crippen LogP contribution in [0.3, 0.4) is 0 Å². The van der Waals surface area contributed by atoms with Crippen molar-refractivity contribution in [2.75, 3.05) is 24.6 Å². The third-order valence-electron chi connectivity index (χ3n) is 8.14. The molecular formula is C29H33F2N7O2. The molecule has 2 aromatic carbocycles. The summed E-state index contributed by atoms with van der Waals surface area (Å²) in [5.41, 5.74) is 2.69. The number of benzene rings is 2. The summed E-state index contributed by atoms with van der Waals surface area (Å²) in [6, 6.07) is 12.7. The molecule has 0 N–H and O–H groups in total. The van der Waals surface area contributed by atoms with Crippen molar-refractivity contribution in [3.63, 3.8) is 0 Å². The molecule has 2 saturated heterocycles. The Hall–Kier alpha value is -3.70. The topological polar surface area (TPSA) is 81.3 Å². The zero-order chi connectivity index (χ0) is 28.0. The van der Waals surface area contributed by atoms with Crippen molar-refractivity contribution in [1.82, 2.24) is 29.4 Å². The van der Waals surface area contributed by atoms with E-state index in [2.05, 4.69) is 38.9 Å². The van der Waals surface area contributed by atoms with Crippen molar-refractivity contribution in [1.29, 1.82) is 0 Å². The molecule has 0 amide bonds. The van der Waals surface area contributed by atoms with Crippen LogP contribution in [0.5, 0.6) is 0 Å². The molecule has 6 rings (SSSR count). The number of halogens is 2. The van der Waals surface area contributed by atoms with Gasteiger partial charge in [0.15, 0.2) is 17.0 Å². The second-order valence-corrected chi connectivity index (χ2v) is 10.9. The number of fused-ring (bicyclic) bond motifs is 1. The third-order valence-corrected chi connectivity index (χ3v) is 8.14. The van der Waals surface area contributed by atoms with Crippen molar-refractivity contribution in [3.8, 4) is 0 Å². The molecule has 9 nitrogen and oxygen atoms in total. The Morgan fingerprint density at radius 2 is 1.62 bits per heavy atom. The lowest BCUT2D eigenvalue weighted by molar-refractivity contribution is 0.0943. The highest BCUT2D eigenvalue weighted by Gasteiger charge is 2.37. The molecule has 2 fully saturated rings. The highest BCUT2D eigenvalue weighted by Crippen LogP contribution is 2.35. The summed E-state index contributed by atoms with van der Waals surface area (Å²) in [5, 5.41) is 8.86. The fourth-order valence-electron chi connectivity index (χ4n) is 6.07. The maximum absolute atomic E-state index is 13.8. The lowest BCUT2D eigenvalue weighted by atomic mass is 9.93. The first-order valence-corrected chi connectivity index (χ1v) is 13.7. The van der Waals surface area contributed by atoms with Gasteiger partial charge in [-0.25, -0.2) is 18.3 Å². The van der Waals surface area contributed by atoms with Gasteiger partial charge in [0, 0.05) is 38.8 Å². The number of ether oxygens (including phenoxy) is 1. The molecule has 0 spiro atoms. The first-order chi connectivity index (χ1) is 19.3. The lowest BCUT2D eigenvalue weighted by Gasteiger charge is -2.48. The van der Waals surface area contributed by atoms with Gasteiger partial charge in [-0.2, -0.15) is 4.98 Å². The van der Waals surface area contributed by atoms with Gasteiger partial charge in [0.1, 0.15) is 11.6 Å². The predicted molar refractivity (Wildman–Crippen MR) is 147 cm³/mol. The van der Waals surface area contributed by atoms with Crippen molar-refractivity contribution in [2.45, 2.75) is 57.5 Å². The molecular weight excluding hydrogens is 516 g/mol. The largest absolute Gasteiger partial charge is 0.376 e. The summed E-state index contributed by atoms with van der Waals surface area (Å²) in [7, 11) is 1.69. The van der Waals surface area contributed by atoms with E-state index in [-0.39, 0.29) is 41.6 Å². The Kier molecular flexibility index (Phi) is 7.09. The number of aromatic nitrogens is 5. The minimum Gasteiger partial charge on any atom is -0.376 e. The maximum atomic E-state index is 13.8. The number of aryl methyl sites for hydroxylation is 1. The molecule has 11 heteroatoms. The summed E-state index contributed by atoms with van der Waals surface area (Å²) in [6.07, 6.45) is 2.01. The molecule has 0 bridgehead atoms. The van der Waals surface area contributed by atoms with Crippen LogP contribution in [0.1, 0.15) is 43.9 Å². The van der Waals surface area contributed by atoms with Gasteiger partial charge >= 0.3 is 5.69 Å². The Balaban J connectivity index is 1.34. The van der Waals surface area contributed by atoms with Gasteiger partial charge in [0.2, 0.25) is 0 Å². The van der Waals surface area contributed by atoms with Crippen molar-refractivity contribution in [3.05, 3.63) is 81.8 Å². The molecule has 40 heavy (non-hydrogen) atoms. The van der Waals surface area contributed by atoms with Gasteiger partial charge < -0.3 is 9.64 Å². The van der Waals surface area contributed by atoms with Crippen molar-refractivity contribution >= 4 is 17.0 Å².